The van der Waals surface area contributed by atoms with Crippen LogP contribution in [0.1, 0.15) is 43.4 Å². The minimum Gasteiger partial charge on any atom is -0.392 e. The Morgan fingerprint density at radius 3 is 2.56 bits per heavy atom. The van der Waals surface area contributed by atoms with Gasteiger partial charge in [-0.3, -0.25) is 15.5 Å². The van der Waals surface area contributed by atoms with Crippen molar-refractivity contribution in [3.05, 3.63) is 63.6 Å². The van der Waals surface area contributed by atoms with Gasteiger partial charge in [-0.05, 0) is 30.5 Å². The molecule has 0 radical (unpaired) electrons. The Balaban J connectivity index is 1.96. The molecule has 1 aliphatic heterocycles. The molecule has 3 rings (SSSR count). The van der Waals surface area contributed by atoms with E-state index in [0.29, 0.717) is 30.2 Å². The van der Waals surface area contributed by atoms with E-state index < -0.39 is 5.79 Å². The van der Waals surface area contributed by atoms with Crippen LogP contribution in [0.4, 0.5) is 5.69 Å². The molecule has 1 unspecified atom stereocenters. The fraction of sp³-hybridized carbons (Fsp3) is 0.400. The molecule has 5 N–H and O–H groups in total. The Morgan fingerprint density at radius 2 is 1.89 bits per heavy atom. The predicted octanol–water partition coefficient (Wildman–Crippen LogP) is 1.58. The largest absolute Gasteiger partial charge is 0.392 e. The van der Waals surface area contributed by atoms with Gasteiger partial charge in [0.15, 0.2) is 5.79 Å². The van der Waals surface area contributed by atoms with Crippen molar-refractivity contribution in [2.75, 3.05) is 11.9 Å². The van der Waals surface area contributed by atoms with Gasteiger partial charge in [0.2, 0.25) is 0 Å². The fourth-order valence-electron chi connectivity index (χ4n) is 3.07. The van der Waals surface area contributed by atoms with Crippen LogP contribution < -0.4 is 21.9 Å². The SMILES string of the molecule is CCCCN=C1NC(C)(N)Nc2ccn(Cc3ccc(CO)cc3)c(=O)c21. The molecule has 7 nitrogen and oxygen atoms in total. The number of anilines is 1. The number of aliphatic hydroxyl groups is 1. The first-order valence-electron chi connectivity index (χ1n) is 9.25. The van der Waals surface area contributed by atoms with E-state index in [4.69, 9.17) is 10.8 Å². The normalized spacial score (nSPS) is 20.1. The van der Waals surface area contributed by atoms with Crippen LogP contribution in [0.15, 0.2) is 46.3 Å². The number of benzene rings is 1. The molecule has 1 aromatic carbocycles. The third-order valence-corrected chi connectivity index (χ3v) is 4.51. The van der Waals surface area contributed by atoms with E-state index in [1.165, 1.54) is 0 Å². The summed E-state index contributed by atoms with van der Waals surface area (Å²) in [6.45, 7) is 5.00. The summed E-state index contributed by atoms with van der Waals surface area (Å²) >= 11 is 0. The highest BCUT2D eigenvalue weighted by atomic mass is 16.3. The second-order valence-corrected chi connectivity index (χ2v) is 7.05. The molecule has 0 aliphatic carbocycles. The summed E-state index contributed by atoms with van der Waals surface area (Å²) in [7, 11) is 0. The van der Waals surface area contributed by atoms with E-state index in [1.54, 1.807) is 17.7 Å². The standard InChI is InChI=1S/C20H27N5O2/c1-3-4-10-22-18-17-16(23-20(2,21)24-18)9-11-25(19(17)27)12-14-5-7-15(13-26)8-6-14/h5-9,11,23,26H,3-4,10,12-13,21H2,1-2H3,(H,22,24). The molecular formula is C20H27N5O2. The van der Waals surface area contributed by atoms with Crippen molar-refractivity contribution < 1.29 is 5.11 Å². The van der Waals surface area contributed by atoms with Crippen LogP contribution in [0, 0.1) is 0 Å². The van der Waals surface area contributed by atoms with Gasteiger partial charge in [0.1, 0.15) is 11.4 Å². The Labute approximate surface area is 158 Å². The summed E-state index contributed by atoms with van der Waals surface area (Å²) < 4.78 is 1.66. The van der Waals surface area contributed by atoms with Crippen LogP contribution in [0.5, 0.6) is 0 Å². The highest BCUT2D eigenvalue weighted by molar-refractivity contribution is 6.05. The number of hydrogen-bond donors (Lipinski definition) is 4. The second-order valence-electron chi connectivity index (χ2n) is 7.05. The number of unbranched alkanes of at least 4 members (excludes halogenated alkanes) is 1. The maximum absolute atomic E-state index is 13.1. The first-order chi connectivity index (χ1) is 12.9. The summed E-state index contributed by atoms with van der Waals surface area (Å²) in [6.07, 6.45) is 3.75. The number of nitrogens with zero attached hydrogens (tertiary/aromatic N) is 2. The van der Waals surface area contributed by atoms with Crippen LogP contribution in [0.3, 0.4) is 0 Å². The van der Waals surface area contributed by atoms with E-state index in [1.807, 2.05) is 30.3 Å². The van der Waals surface area contributed by atoms with Crippen molar-refractivity contribution in [3.63, 3.8) is 0 Å². The van der Waals surface area contributed by atoms with Crippen molar-refractivity contribution >= 4 is 11.5 Å². The average Bonchev–Trinajstić information content (AvgIpc) is 2.64. The Morgan fingerprint density at radius 1 is 1.19 bits per heavy atom. The van der Waals surface area contributed by atoms with Crippen LogP contribution in [-0.4, -0.2) is 27.8 Å². The van der Waals surface area contributed by atoms with Gasteiger partial charge in [-0.2, -0.15) is 0 Å². The highest BCUT2D eigenvalue weighted by Crippen LogP contribution is 2.20. The zero-order valence-electron chi connectivity index (χ0n) is 15.8. The molecule has 27 heavy (non-hydrogen) atoms. The second kappa shape index (κ2) is 7.94. The minimum atomic E-state index is -0.864. The molecule has 2 aromatic rings. The number of fused-ring (bicyclic) bond motifs is 1. The number of hydrogen-bond acceptors (Lipinski definition) is 5. The van der Waals surface area contributed by atoms with Crippen molar-refractivity contribution in [1.29, 1.82) is 0 Å². The molecular weight excluding hydrogens is 342 g/mol. The minimum absolute atomic E-state index is 0.00581. The topological polar surface area (TPSA) is 105 Å². The number of aliphatic hydroxyl groups excluding tert-OH is 1. The van der Waals surface area contributed by atoms with Gasteiger partial charge in [0.05, 0.1) is 18.8 Å². The molecule has 144 valence electrons. The van der Waals surface area contributed by atoms with Gasteiger partial charge in [0.25, 0.3) is 5.56 Å². The molecule has 0 bridgehead atoms. The Hall–Kier alpha value is -2.64. The Bertz CT molecular complexity index is 884. The molecule has 2 heterocycles. The third kappa shape index (κ3) is 4.37. The van der Waals surface area contributed by atoms with E-state index in [2.05, 4.69) is 22.5 Å². The molecule has 7 heteroatoms. The molecule has 0 saturated carbocycles. The van der Waals surface area contributed by atoms with Gasteiger partial charge in [-0.15, -0.1) is 0 Å². The van der Waals surface area contributed by atoms with E-state index in [0.717, 1.165) is 24.0 Å². The maximum Gasteiger partial charge on any atom is 0.263 e. The summed E-state index contributed by atoms with van der Waals surface area (Å²) in [5.41, 5.74) is 9.11. The third-order valence-electron chi connectivity index (χ3n) is 4.51. The molecule has 0 fully saturated rings. The van der Waals surface area contributed by atoms with Gasteiger partial charge < -0.3 is 20.3 Å². The molecule has 0 amide bonds. The van der Waals surface area contributed by atoms with Crippen LogP contribution in [0.2, 0.25) is 0 Å². The molecule has 1 aromatic heterocycles. The van der Waals surface area contributed by atoms with Gasteiger partial charge in [-0.25, -0.2) is 0 Å². The highest BCUT2D eigenvalue weighted by Gasteiger charge is 2.30. The lowest BCUT2D eigenvalue weighted by atomic mass is 10.1. The summed E-state index contributed by atoms with van der Waals surface area (Å²) in [4.78, 5) is 17.7. The zero-order chi connectivity index (χ0) is 19.4. The number of pyridine rings is 1. The van der Waals surface area contributed by atoms with Crippen molar-refractivity contribution in [2.24, 2.45) is 10.7 Å². The summed E-state index contributed by atoms with van der Waals surface area (Å²) in [5, 5.41) is 15.4. The first-order valence-corrected chi connectivity index (χ1v) is 9.25. The molecule has 1 aliphatic rings. The summed E-state index contributed by atoms with van der Waals surface area (Å²) in [5.74, 6) is -0.325. The van der Waals surface area contributed by atoms with E-state index in [9.17, 15) is 4.79 Å². The zero-order valence-corrected chi connectivity index (χ0v) is 15.8. The summed E-state index contributed by atoms with van der Waals surface area (Å²) in [6, 6.07) is 9.42. The number of rotatable bonds is 6. The lowest BCUT2D eigenvalue weighted by Crippen LogP contribution is -2.63. The van der Waals surface area contributed by atoms with Crippen molar-refractivity contribution in [1.82, 2.24) is 9.88 Å². The van der Waals surface area contributed by atoms with Crippen molar-refractivity contribution in [3.8, 4) is 0 Å². The number of aliphatic imine (C=N–C) groups is 1. The fourth-order valence-corrected chi connectivity index (χ4v) is 3.07. The quantitative estimate of drug-likeness (QED) is 0.579. The first kappa shape index (κ1) is 19.1. The van der Waals surface area contributed by atoms with Crippen LogP contribution in [-0.2, 0) is 13.2 Å². The Kier molecular flexibility index (Phi) is 5.62. The van der Waals surface area contributed by atoms with Gasteiger partial charge in [0, 0.05) is 12.7 Å². The molecule has 0 spiro atoms. The number of nitrogens with two attached hydrogens (primary N) is 1. The maximum atomic E-state index is 13.1. The van der Waals surface area contributed by atoms with Crippen LogP contribution in [0.25, 0.3) is 0 Å². The smallest absolute Gasteiger partial charge is 0.263 e. The number of nitrogens with one attached hydrogen (secondary N) is 2. The number of aromatic nitrogens is 1. The van der Waals surface area contributed by atoms with E-state index >= 15 is 0 Å². The lowest BCUT2D eigenvalue weighted by molar-refractivity contribution is 0.282. The van der Waals surface area contributed by atoms with Gasteiger partial charge in [-0.1, -0.05) is 37.6 Å². The van der Waals surface area contributed by atoms with Gasteiger partial charge >= 0.3 is 0 Å². The molecule has 1 atom stereocenters. The number of amidine groups is 1. The lowest BCUT2D eigenvalue weighted by Gasteiger charge is -2.35. The predicted molar refractivity (Wildman–Crippen MR) is 108 cm³/mol. The van der Waals surface area contributed by atoms with Crippen LogP contribution >= 0.6 is 0 Å². The van der Waals surface area contributed by atoms with E-state index in [-0.39, 0.29) is 12.2 Å². The molecule has 0 saturated heterocycles. The van der Waals surface area contributed by atoms with Crippen molar-refractivity contribution in [2.45, 2.75) is 45.6 Å². The monoisotopic (exact) mass is 369 g/mol. The average molecular weight is 369 g/mol.